The van der Waals surface area contributed by atoms with E-state index in [1.807, 2.05) is 20.8 Å². The molecule has 1 unspecified atom stereocenters. The van der Waals surface area contributed by atoms with Gasteiger partial charge in [-0.2, -0.15) is 0 Å². The van der Waals surface area contributed by atoms with Crippen molar-refractivity contribution in [3.8, 4) is 0 Å². The fourth-order valence-electron chi connectivity index (χ4n) is 1.46. The summed E-state index contributed by atoms with van der Waals surface area (Å²) in [5, 5.41) is 3.08. The van der Waals surface area contributed by atoms with Crippen LogP contribution >= 0.6 is 15.9 Å². The maximum Gasteiger partial charge on any atom is 0.328 e. The van der Waals surface area contributed by atoms with Gasteiger partial charge in [0.05, 0.1) is 23.5 Å². The molecule has 0 saturated carbocycles. The predicted octanol–water partition coefficient (Wildman–Crippen LogP) is 2.34. The Morgan fingerprint density at radius 1 is 1.56 bits per heavy atom. The van der Waals surface area contributed by atoms with Crippen LogP contribution in [0, 0.1) is 12.8 Å². The number of aromatic nitrogens is 1. The predicted molar refractivity (Wildman–Crippen MR) is 75.4 cm³/mol. The number of nitrogens with two attached hydrogens (primary N) is 1. The molecule has 1 heterocycles. The van der Waals surface area contributed by atoms with Gasteiger partial charge in [-0.25, -0.2) is 9.78 Å². The van der Waals surface area contributed by atoms with Crippen LogP contribution < -0.4 is 11.1 Å². The molecule has 0 aliphatic rings. The average Bonchev–Trinajstić information content (AvgIpc) is 2.34. The van der Waals surface area contributed by atoms with Crippen molar-refractivity contribution in [3.63, 3.8) is 0 Å². The number of anilines is 2. The van der Waals surface area contributed by atoms with Crippen LogP contribution in [0.5, 0.6) is 0 Å². The van der Waals surface area contributed by atoms with Crippen molar-refractivity contribution in [2.24, 2.45) is 5.92 Å². The summed E-state index contributed by atoms with van der Waals surface area (Å²) in [5.74, 6) is 0.364. The smallest absolute Gasteiger partial charge is 0.328 e. The van der Waals surface area contributed by atoms with Crippen LogP contribution in [0.15, 0.2) is 10.7 Å². The Kier molecular flexibility index (Phi) is 4.95. The maximum atomic E-state index is 11.7. The summed E-state index contributed by atoms with van der Waals surface area (Å²) in [6.45, 7) is 5.76. The van der Waals surface area contributed by atoms with Gasteiger partial charge in [-0.05, 0) is 34.3 Å². The number of pyridine rings is 1. The van der Waals surface area contributed by atoms with Gasteiger partial charge in [0.25, 0.3) is 0 Å². The Hall–Kier alpha value is -1.30. The molecule has 5 nitrogen and oxygen atoms in total. The molecule has 100 valence electrons. The topological polar surface area (TPSA) is 77.2 Å². The number of carbonyl (C=O) groups excluding carboxylic acids is 1. The standard InChI is InChI=1S/C12H18BrN3O2/c1-6(2)10(12(17)18-4)16-11-9(13)7(3)8(14)5-15-11/h5-6,10H,14H2,1-4H3,(H,15,16). The molecule has 0 aromatic carbocycles. The van der Waals surface area contributed by atoms with Crippen LogP contribution in [0.4, 0.5) is 11.5 Å². The normalized spacial score (nSPS) is 12.3. The number of nitrogen functional groups attached to an aromatic ring is 1. The lowest BCUT2D eigenvalue weighted by atomic mass is 10.0. The van der Waals surface area contributed by atoms with Gasteiger partial charge in [-0.1, -0.05) is 13.8 Å². The molecule has 1 aromatic heterocycles. The van der Waals surface area contributed by atoms with E-state index in [1.54, 1.807) is 6.20 Å². The number of ether oxygens (including phenoxy) is 1. The molecular formula is C12H18BrN3O2. The summed E-state index contributed by atoms with van der Waals surface area (Å²) in [6.07, 6.45) is 1.57. The van der Waals surface area contributed by atoms with Gasteiger partial charge in [0, 0.05) is 0 Å². The molecule has 0 saturated heterocycles. The van der Waals surface area contributed by atoms with Gasteiger partial charge in [0.15, 0.2) is 0 Å². The summed E-state index contributed by atoms with van der Waals surface area (Å²) >= 11 is 3.42. The maximum absolute atomic E-state index is 11.7. The molecule has 1 rings (SSSR count). The molecule has 0 aliphatic carbocycles. The van der Waals surface area contributed by atoms with Crippen molar-refractivity contribution in [1.29, 1.82) is 0 Å². The zero-order chi connectivity index (χ0) is 13.9. The third kappa shape index (κ3) is 3.13. The Balaban J connectivity index is 3.02. The summed E-state index contributed by atoms with van der Waals surface area (Å²) in [6, 6.07) is -0.443. The first-order valence-electron chi connectivity index (χ1n) is 5.63. The zero-order valence-corrected chi connectivity index (χ0v) is 12.5. The molecule has 1 aromatic rings. The number of rotatable bonds is 4. The van der Waals surface area contributed by atoms with Gasteiger partial charge in [0.2, 0.25) is 0 Å². The molecule has 0 aliphatic heterocycles. The van der Waals surface area contributed by atoms with Crippen LogP contribution in [0.25, 0.3) is 0 Å². The minimum Gasteiger partial charge on any atom is -0.467 e. The highest BCUT2D eigenvalue weighted by Gasteiger charge is 2.24. The van der Waals surface area contributed by atoms with Crippen molar-refractivity contribution >= 4 is 33.4 Å². The number of halogens is 1. The van der Waals surface area contributed by atoms with E-state index in [9.17, 15) is 4.79 Å². The lowest BCUT2D eigenvalue weighted by Gasteiger charge is -2.21. The first-order chi connectivity index (χ1) is 8.38. The highest BCUT2D eigenvalue weighted by atomic mass is 79.9. The fraction of sp³-hybridized carbons (Fsp3) is 0.500. The number of carbonyl (C=O) groups is 1. The molecular weight excluding hydrogens is 298 g/mol. The summed E-state index contributed by atoms with van der Waals surface area (Å²) in [5.41, 5.74) is 7.25. The van der Waals surface area contributed by atoms with Crippen LogP contribution in [-0.2, 0) is 9.53 Å². The lowest BCUT2D eigenvalue weighted by molar-refractivity contribution is -0.142. The van der Waals surface area contributed by atoms with E-state index in [1.165, 1.54) is 7.11 Å². The van der Waals surface area contributed by atoms with E-state index in [0.717, 1.165) is 10.0 Å². The third-order valence-electron chi connectivity index (χ3n) is 2.72. The van der Waals surface area contributed by atoms with Crippen LogP contribution in [0.1, 0.15) is 19.4 Å². The van der Waals surface area contributed by atoms with Crippen molar-refractivity contribution in [3.05, 3.63) is 16.2 Å². The molecule has 3 N–H and O–H groups in total. The first-order valence-corrected chi connectivity index (χ1v) is 6.42. The summed E-state index contributed by atoms with van der Waals surface area (Å²) in [7, 11) is 1.37. The molecule has 0 fully saturated rings. The Labute approximate surface area is 115 Å². The zero-order valence-electron chi connectivity index (χ0n) is 11.0. The lowest BCUT2D eigenvalue weighted by Crippen LogP contribution is -2.36. The molecule has 6 heteroatoms. The molecule has 0 radical (unpaired) electrons. The Morgan fingerprint density at radius 3 is 2.67 bits per heavy atom. The average molecular weight is 316 g/mol. The number of methoxy groups -OCH3 is 1. The van der Waals surface area contributed by atoms with Gasteiger partial charge in [-0.15, -0.1) is 0 Å². The second kappa shape index (κ2) is 6.04. The number of esters is 1. The van der Waals surface area contributed by atoms with E-state index in [0.29, 0.717) is 11.5 Å². The number of nitrogens with one attached hydrogen (secondary N) is 1. The second-order valence-corrected chi connectivity index (χ2v) is 5.18. The van der Waals surface area contributed by atoms with Crippen molar-refractivity contribution in [2.45, 2.75) is 26.8 Å². The fourth-order valence-corrected chi connectivity index (χ4v) is 1.91. The van der Waals surface area contributed by atoms with Gasteiger partial charge in [-0.3, -0.25) is 0 Å². The van der Waals surface area contributed by atoms with Crippen molar-refractivity contribution in [2.75, 3.05) is 18.2 Å². The highest BCUT2D eigenvalue weighted by Crippen LogP contribution is 2.28. The minimum atomic E-state index is -0.443. The van der Waals surface area contributed by atoms with Gasteiger partial charge in [0.1, 0.15) is 11.9 Å². The van der Waals surface area contributed by atoms with E-state index >= 15 is 0 Å². The van der Waals surface area contributed by atoms with Crippen molar-refractivity contribution < 1.29 is 9.53 Å². The van der Waals surface area contributed by atoms with Crippen LogP contribution in [0.2, 0.25) is 0 Å². The number of nitrogens with zero attached hydrogens (tertiary/aromatic N) is 1. The molecule has 1 atom stereocenters. The van der Waals surface area contributed by atoms with E-state index < -0.39 is 6.04 Å². The Bertz CT molecular complexity index is 449. The largest absolute Gasteiger partial charge is 0.467 e. The molecule has 0 bridgehead atoms. The molecule has 18 heavy (non-hydrogen) atoms. The van der Waals surface area contributed by atoms with Crippen LogP contribution in [0.3, 0.4) is 0 Å². The monoisotopic (exact) mass is 315 g/mol. The number of hydrogen-bond acceptors (Lipinski definition) is 5. The summed E-state index contributed by atoms with van der Waals surface area (Å²) < 4.78 is 5.53. The molecule has 0 amide bonds. The Morgan fingerprint density at radius 2 is 2.17 bits per heavy atom. The van der Waals surface area contributed by atoms with Crippen molar-refractivity contribution in [1.82, 2.24) is 4.98 Å². The second-order valence-electron chi connectivity index (χ2n) is 4.39. The minimum absolute atomic E-state index is 0.0870. The SMILES string of the molecule is COC(=O)C(Nc1ncc(N)c(C)c1Br)C(C)C. The molecule has 0 spiro atoms. The van der Waals surface area contributed by atoms with Gasteiger partial charge < -0.3 is 15.8 Å². The number of hydrogen-bond donors (Lipinski definition) is 2. The van der Waals surface area contributed by atoms with Gasteiger partial charge >= 0.3 is 5.97 Å². The van der Waals surface area contributed by atoms with E-state index in [4.69, 9.17) is 10.5 Å². The summed E-state index contributed by atoms with van der Waals surface area (Å²) in [4.78, 5) is 15.9. The first kappa shape index (κ1) is 14.8. The van der Waals surface area contributed by atoms with E-state index in [-0.39, 0.29) is 11.9 Å². The third-order valence-corrected chi connectivity index (χ3v) is 3.69. The van der Waals surface area contributed by atoms with Crippen LogP contribution in [-0.4, -0.2) is 24.1 Å². The highest BCUT2D eigenvalue weighted by molar-refractivity contribution is 9.10. The van der Waals surface area contributed by atoms with E-state index in [2.05, 4.69) is 26.2 Å². The quantitative estimate of drug-likeness (QED) is 0.834.